The van der Waals surface area contributed by atoms with Crippen molar-refractivity contribution < 1.29 is 14.3 Å². The predicted octanol–water partition coefficient (Wildman–Crippen LogP) is 2.92. The first-order valence-corrected chi connectivity index (χ1v) is 7.50. The van der Waals surface area contributed by atoms with Crippen molar-refractivity contribution in [3.63, 3.8) is 0 Å². The Bertz CT molecular complexity index is 634. The summed E-state index contributed by atoms with van der Waals surface area (Å²) in [7, 11) is 3.28. The van der Waals surface area contributed by atoms with Crippen LogP contribution in [0.25, 0.3) is 10.9 Å². The van der Waals surface area contributed by atoms with Gasteiger partial charge in [-0.05, 0) is 24.1 Å². The number of carbonyl (C=O) groups is 1. The molecule has 5 heteroatoms. The van der Waals surface area contributed by atoms with Gasteiger partial charge in [-0.25, -0.2) is 0 Å². The second-order valence-electron chi connectivity index (χ2n) is 5.77. The molecule has 120 valence electrons. The lowest BCUT2D eigenvalue weighted by molar-refractivity contribution is 0.0667. The number of hydrogen-bond donors (Lipinski definition) is 1. The van der Waals surface area contributed by atoms with E-state index in [9.17, 15) is 4.79 Å². The van der Waals surface area contributed by atoms with Gasteiger partial charge < -0.3 is 19.4 Å². The highest BCUT2D eigenvalue weighted by Crippen LogP contribution is 2.22. The molecule has 0 atom stereocenters. The minimum atomic E-state index is 0.000849. The van der Waals surface area contributed by atoms with E-state index in [1.807, 2.05) is 29.2 Å². The number of nitrogens with zero attached hydrogens (tertiary/aromatic N) is 1. The van der Waals surface area contributed by atoms with Crippen LogP contribution < -0.4 is 4.74 Å². The van der Waals surface area contributed by atoms with Crippen LogP contribution in [0.3, 0.4) is 0 Å². The maximum atomic E-state index is 12.7. The Kier molecular flexibility index (Phi) is 5.44. The highest BCUT2D eigenvalue weighted by Gasteiger charge is 2.18. The number of ether oxygens (including phenoxy) is 2. The summed E-state index contributed by atoms with van der Waals surface area (Å²) >= 11 is 0. The van der Waals surface area contributed by atoms with Crippen molar-refractivity contribution in [2.75, 3.05) is 33.9 Å². The van der Waals surface area contributed by atoms with Gasteiger partial charge in [-0.2, -0.15) is 0 Å². The molecule has 1 heterocycles. The van der Waals surface area contributed by atoms with Crippen molar-refractivity contribution in [3.8, 4) is 5.75 Å². The summed E-state index contributed by atoms with van der Waals surface area (Å²) in [4.78, 5) is 17.7. The van der Waals surface area contributed by atoms with Gasteiger partial charge in [0.05, 0.1) is 13.7 Å². The van der Waals surface area contributed by atoms with E-state index < -0.39 is 0 Å². The van der Waals surface area contributed by atoms with Gasteiger partial charge in [0.2, 0.25) is 0 Å². The number of H-pyrrole nitrogens is 1. The van der Waals surface area contributed by atoms with Crippen LogP contribution in [0.4, 0.5) is 0 Å². The minimum Gasteiger partial charge on any atom is -0.497 e. The van der Waals surface area contributed by atoms with Gasteiger partial charge in [0.25, 0.3) is 5.91 Å². The number of carbonyl (C=O) groups excluding carboxylic acids is 1. The molecule has 0 aliphatic rings. The zero-order valence-corrected chi connectivity index (χ0v) is 13.7. The van der Waals surface area contributed by atoms with Crippen molar-refractivity contribution in [2.24, 2.45) is 5.92 Å². The second kappa shape index (κ2) is 7.31. The average Bonchev–Trinajstić information content (AvgIpc) is 2.93. The van der Waals surface area contributed by atoms with Crippen molar-refractivity contribution in [1.29, 1.82) is 0 Å². The monoisotopic (exact) mass is 304 g/mol. The molecule has 0 radical (unpaired) electrons. The Morgan fingerprint density at radius 3 is 2.68 bits per heavy atom. The number of fused-ring (bicyclic) bond motifs is 1. The van der Waals surface area contributed by atoms with E-state index in [0.717, 1.165) is 16.7 Å². The van der Waals surface area contributed by atoms with Crippen LogP contribution >= 0.6 is 0 Å². The highest BCUT2D eigenvalue weighted by atomic mass is 16.5. The van der Waals surface area contributed by atoms with Crippen LogP contribution in [0, 0.1) is 5.92 Å². The van der Waals surface area contributed by atoms with Crippen LogP contribution in [0.15, 0.2) is 24.3 Å². The van der Waals surface area contributed by atoms with Gasteiger partial charge in [-0.1, -0.05) is 13.8 Å². The van der Waals surface area contributed by atoms with Crippen LogP contribution in [0.2, 0.25) is 0 Å². The molecule has 1 amide bonds. The molecular formula is C17H24N2O3. The fourth-order valence-corrected chi connectivity index (χ4v) is 2.44. The lowest BCUT2D eigenvalue weighted by atomic mass is 10.2. The third kappa shape index (κ3) is 3.80. The molecule has 0 spiro atoms. The standard InChI is InChI=1S/C17H24N2O3/c1-12(2)11-19(7-8-21-3)17(20)16-9-13-5-6-14(22-4)10-15(13)18-16/h5-6,9-10,12,18H,7-8,11H2,1-4H3. The topological polar surface area (TPSA) is 54.6 Å². The van der Waals surface area contributed by atoms with E-state index in [-0.39, 0.29) is 5.91 Å². The maximum absolute atomic E-state index is 12.7. The van der Waals surface area contributed by atoms with Gasteiger partial charge in [0.1, 0.15) is 11.4 Å². The number of aromatic amines is 1. The Hall–Kier alpha value is -2.01. The summed E-state index contributed by atoms with van der Waals surface area (Å²) in [6.45, 7) is 6.03. The number of rotatable bonds is 7. The van der Waals surface area contributed by atoms with Gasteiger partial charge >= 0.3 is 0 Å². The number of hydrogen-bond acceptors (Lipinski definition) is 3. The van der Waals surface area contributed by atoms with E-state index in [2.05, 4.69) is 18.8 Å². The molecule has 22 heavy (non-hydrogen) atoms. The lowest BCUT2D eigenvalue weighted by Crippen LogP contribution is -2.36. The molecule has 0 aliphatic heterocycles. The molecule has 0 bridgehead atoms. The molecule has 1 N–H and O–H groups in total. The van der Waals surface area contributed by atoms with E-state index in [4.69, 9.17) is 9.47 Å². The number of amides is 1. The van der Waals surface area contributed by atoms with Crippen LogP contribution in [-0.2, 0) is 4.74 Å². The number of nitrogens with one attached hydrogen (secondary N) is 1. The van der Waals surface area contributed by atoms with Gasteiger partial charge in [-0.15, -0.1) is 0 Å². The molecule has 1 aromatic carbocycles. The second-order valence-corrected chi connectivity index (χ2v) is 5.77. The molecule has 1 aromatic heterocycles. The summed E-state index contributed by atoms with van der Waals surface area (Å²) in [5, 5.41) is 1.00. The molecular weight excluding hydrogens is 280 g/mol. The van der Waals surface area contributed by atoms with E-state index in [0.29, 0.717) is 31.3 Å². The zero-order valence-electron chi connectivity index (χ0n) is 13.7. The molecule has 2 rings (SSSR count). The van der Waals surface area contributed by atoms with Crippen molar-refractivity contribution in [2.45, 2.75) is 13.8 Å². The Morgan fingerprint density at radius 1 is 1.27 bits per heavy atom. The Labute approximate surface area is 131 Å². The molecule has 5 nitrogen and oxygen atoms in total. The zero-order chi connectivity index (χ0) is 16.1. The van der Waals surface area contributed by atoms with E-state index in [1.54, 1.807) is 14.2 Å². The molecule has 0 fully saturated rings. The summed E-state index contributed by atoms with van der Waals surface area (Å²) in [6, 6.07) is 7.62. The molecule has 0 unspecified atom stereocenters. The molecule has 0 aliphatic carbocycles. The average molecular weight is 304 g/mol. The summed E-state index contributed by atoms with van der Waals surface area (Å²) < 4.78 is 10.3. The third-order valence-electron chi connectivity index (χ3n) is 3.50. The fraction of sp³-hybridized carbons (Fsp3) is 0.471. The minimum absolute atomic E-state index is 0.000849. The first kappa shape index (κ1) is 16.4. The van der Waals surface area contributed by atoms with Crippen molar-refractivity contribution in [1.82, 2.24) is 9.88 Å². The van der Waals surface area contributed by atoms with Crippen LogP contribution in [-0.4, -0.2) is 49.7 Å². The van der Waals surface area contributed by atoms with Crippen LogP contribution in [0.1, 0.15) is 24.3 Å². The SMILES string of the molecule is COCCN(CC(C)C)C(=O)c1cc2ccc(OC)cc2[nH]1. The van der Waals surface area contributed by atoms with E-state index >= 15 is 0 Å². The number of methoxy groups -OCH3 is 2. The van der Waals surface area contributed by atoms with Gasteiger partial charge in [0.15, 0.2) is 0 Å². The number of aromatic nitrogens is 1. The highest BCUT2D eigenvalue weighted by molar-refractivity contribution is 5.98. The molecule has 2 aromatic rings. The maximum Gasteiger partial charge on any atom is 0.270 e. The van der Waals surface area contributed by atoms with Gasteiger partial charge in [0, 0.05) is 37.2 Å². The molecule has 0 saturated heterocycles. The summed E-state index contributed by atoms with van der Waals surface area (Å²) in [5.41, 5.74) is 1.50. The van der Waals surface area contributed by atoms with E-state index in [1.165, 1.54) is 0 Å². The smallest absolute Gasteiger partial charge is 0.270 e. The number of benzene rings is 1. The largest absolute Gasteiger partial charge is 0.497 e. The third-order valence-corrected chi connectivity index (χ3v) is 3.50. The lowest BCUT2D eigenvalue weighted by Gasteiger charge is -2.23. The Balaban J connectivity index is 2.25. The normalized spacial score (nSPS) is 11.1. The van der Waals surface area contributed by atoms with Gasteiger partial charge in [-0.3, -0.25) is 4.79 Å². The molecule has 0 saturated carbocycles. The summed E-state index contributed by atoms with van der Waals surface area (Å²) in [6.07, 6.45) is 0. The van der Waals surface area contributed by atoms with Crippen molar-refractivity contribution in [3.05, 3.63) is 30.0 Å². The fourth-order valence-electron chi connectivity index (χ4n) is 2.44. The Morgan fingerprint density at radius 2 is 2.05 bits per heavy atom. The first-order valence-electron chi connectivity index (χ1n) is 7.50. The predicted molar refractivity (Wildman–Crippen MR) is 87.5 cm³/mol. The summed E-state index contributed by atoms with van der Waals surface area (Å²) in [5.74, 6) is 1.18. The van der Waals surface area contributed by atoms with Crippen LogP contribution in [0.5, 0.6) is 5.75 Å². The van der Waals surface area contributed by atoms with Crippen molar-refractivity contribution >= 4 is 16.8 Å². The first-order chi connectivity index (χ1) is 10.5. The quantitative estimate of drug-likeness (QED) is 0.855.